The van der Waals surface area contributed by atoms with Gasteiger partial charge >= 0.3 is 0 Å². The molecular formula is C15H14ClN3OS. The average Bonchev–Trinajstić information content (AvgIpc) is 2.93. The van der Waals surface area contributed by atoms with Gasteiger partial charge in [0.25, 0.3) is 0 Å². The number of hydrogen-bond acceptors (Lipinski definition) is 5. The van der Waals surface area contributed by atoms with Gasteiger partial charge in [-0.1, -0.05) is 17.7 Å². The minimum absolute atomic E-state index is 0.608. The first-order valence-corrected chi connectivity index (χ1v) is 7.71. The molecule has 108 valence electrons. The summed E-state index contributed by atoms with van der Waals surface area (Å²) in [7, 11) is 1.61. The van der Waals surface area contributed by atoms with E-state index in [-0.39, 0.29) is 0 Å². The van der Waals surface area contributed by atoms with Crippen LogP contribution < -0.4 is 10.1 Å². The van der Waals surface area contributed by atoms with Crippen molar-refractivity contribution >= 4 is 39.0 Å². The Balaban J connectivity index is 1.83. The van der Waals surface area contributed by atoms with Crippen molar-refractivity contribution in [2.24, 2.45) is 0 Å². The van der Waals surface area contributed by atoms with Crippen LogP contribution in [-0.4, -0.2) is 17.1 Å². The van der Waals surface area contributed by atoms with Gasteiger partial charge in [0.2, 0.25) is 0 Å². The Morgan fingerprint density at radius 1 is 1.29 bits per heavy atom. The Hall–Kier alpha value is -1.85. The van der Waals surface area contributed by atoms with Crippen molar-refractivity contribution in [3.05, 3.63) is 46.1 Å². The maximum absolute atomic E-state index is 6.14. The summed E-state index contributed by atoms with van der Waals surface area (Å²) in [6, 6.07) is 7.77. The van der Waals surface area contributed by atoms with Crippen molar-refractivity contribution in [1.82, 2.24) is 9.97 Å². The zero-order valence-electron chi connectivity index (χ0n) is 11.7. The predicted molar refractivity (Wildman–Crippen MR) is 87.5 cm³/mol. The Morgan fingerprint density at radius 2 is 2.14 bits per heavy atom. The molecule has 0 aliphatic rings. The van der Waals surface area contributed by atoms with Gasteiger partial charge in [0, 0.05) is 6.54 Å². The maximum atomic E-state index is 6.14. The fourth-order valence-electron chi connectivity index (χ4n) is 2.10. The molecule has 0 fully saturated rings. The lowest BCUT2D eigenvalue weighted by molar-refractivity contribution is 0.415. The lowest BCUT2D eigenvalue weighted by Crippen LogP contribution is -2.03. The van der Waals surface area contributed by atoms with Gasteiger partial charge in [-0.3, -0.25) is 0 Å². The van der Waals surface area contributed by atoms with Gasteiger partial charge in [-0.15, -0.1) is 11.3 Å². The van der Waals surface area contributed by atoms with Crippen molar-refractivity contribution in [1.29, 1.82) is 0 Å². The zero-order chi connectivity index (χ0) is 14.8. The molecule has 2 heterocycles. The highest BCUT2D eigenvalue weighted by Gasteiger charge is 2.07. The smallest absolute Gasteiger partial charge is 0.138 e. The van der Waals surface area contributed by atoms with Gasteiger partial charge in [-0.05, 0) is 36.1 Å². The number of methoxy groups -OCH3 is 1. The molecule has 0 unspecified atom stereocenters. The summed E-state index contributed by atoms with van der Waals surface area (Å²) in [5.41, 5.74) is 1.07. The fraction of sp³-hybridized carbons (Fsp3) is 0.200. The lowest BCUT2D eigenvalue weighted by Gasteiger charge is -2.09. The number of nitrogens with one attached hydrogen (secondary N) is 1. The molecule has 0 bridgehead atoms. The number of thiophene rings is 1. The first-order chi connectivity index (χ1) is 10.2. The minimum atomic E-state index is 0.608. The largest absolute Gasteiger partial charge is 0.495 e. The number of benzene rings is 1. The van der Waals surface area contributed by atoms with Gasteiger partial charge in [0.1, 0.15) is 22.2 Å². The van der Waals surface area contributed by atoms with Crippen LogP contribution in [0.1, 0.15) is 11.4 Å². The van der Waals surface area contributed by atoms with E-state index in [2.05, 4.69) is 15.3 Å². The molecule has 4 nitrogen and oxygen atoms in total. The molecule has 0 saturated carbocycles. The number of aryl methyl sites for hydroxylation is 1. The molecule has 0 spiro atoms. The topological polar surface area (TPSA) is 47.0 Å². The van der Waals surface area contributed by atoms with Gasteiger partial charge in [0.15, 0.2) is 0 Å². The average molecular weight is 320 g/mol. The van der Waals surface area contributed by atoms with Crippen LogP contribution in [0.15, 0.2) is 29.6 Å². The molecule has 0 atom stereocenters. The summed E-state index contributed by atoms with van der Waals surface area (Å²) in [6.07, 6.45) is 0. The summed E-state index contributed by atoms with van der Waals surface area (Å²) in [6.45, 7) is 2.54. The van der Waals surface area contributed by atoms with Crippen LogP contribution in [0.3, 0.4) is 0 Å². The summed E-state index contributed by atoms with van der Waals surface area (Å²) < 4.78 is 5.15. The van der Waals surface area contributed by atoms with Crippen molar-refractivity contribution in [3.8, 4) is 5.75 Å². The summed E-state index contributed by atoms with van der Waals surface area (Å²) in [5, 5.41) is 7.03. The third-order valence-electron chi connectivity index (χ3n) is 3.11. The summed E-state index contributed by atoms with van der Waals surface area (Å²) in [5.74, 6) is 2.30. The molecule has 6 heteroatoms. The van der Waals surface area contributed by atoms with E-state index in [9.17, 15) is 0 Å². The minimum Gasteiger partial charge on any atom is -0.495 e. The summed E-state index contributed by atoms with van der Waals surface area (Å²) >= 11 is 7.75. The highest BCUT2D eigenvalue weighted by atomic mass is 35.5. The second-order valence-electron chi connectivity index (χ2n) is 4.58. The Kier molecular flexibility index (Phi) is 3.94. The molecule has 2 aromatic heterocycles. The lowest BCUT2D eigenvalue weighted by atomic mass is 10.2. The predicted octanol–water partition coefficient (Wildman–Crippen LogP) is 4.27. The number of aromatic nitrogens is 2. The van der Waals surface area contributed by atoms with Crippen LogP contribution in [0.2, 0.25) is 5.02 Å². The van der Waals surface area contributed by atoms with Gasteiger partial charge in [-0.25, -0.2) is 9.97 Å². The monoisotopic (exact) mass is 319 g/mol. The Bertz CT molecular complexity index is 788. The number of fused-ring (bicyclic) bond motifs is 1. The normalized spacial score (nSPS) is 10.8. The molecule has 0 aliphatic heterocycles. The Morgan fingerprint density at radius 3 is 2.90 bits per heavy atom. The van der Waals surface area contributed by atoms with Crippen LogP contribution >= 0.6 is 22.9 Å². The third kappa shape index (κ3) is 2.94. The Labute approximate surface area is 131 Å². The molecule has 1 N–H and O–H groups in total. The first kappa shape index (κ1) is 14.1. The van der Waals surface area contributed by atoms with E-state index in [1.165, 1.54) is 0 Å². The SMILES string of the molecule is COc1ccc(CNc2nc(C)nc3sccc23)cc1Cl. The number of nitrogens with zero attached hydrogens (tertiary/aromatic N) is 2. The van der Waals surface area contributed by atoms with Crippen molar-refractivity contribution in [2.75, 3.05) is 12.4 Å². The van der Waals surface area contributed by atoms with Crippen molar-refractivity contribution < 1.29 is 4.74 Å². The van der Waals surface area contributed by atoms with E-state index < -0.39 is 0 Å². The van der Waals surface area contributed by atoms with Crippen LogP contribution in [0, 0.1) is 6.92 Å². The molecule has 3 aromatic rings. The van der Waals surface area contributed by atoms with E-state index in [1.54, 1.807) is 18.4 Å². The van der Waals surface area contributed by atoms with Gasteiger partial charge in [0.05, 0.1) is 17.5 Å². The number of rotatable bonds is 4. The highest BCUT2D eigenvalue weighted by molar-refractivity contribution is 7.16. The van der Waals surface area contributed by atoms with Crippen LogP contribution in [0.5, 0.6) is 5.75 Å². The van der Waals surface area contributed by atoms with Gasteiger partial charge in [-0.2, -0.15) is 0 Å². The molecule has 0 aliphatic carbocycles. The molecule has 0 amide bonds. The molecule has 21 heavy (non-hydrogen) atoms. The number of hydrogen-bond donors (Lipinski definition) is 1. The molecule has 3 rings (SSSR count). The quantitative estimate of drug-likeness (QED) is 0.780. The molecule has 1 aromatic carbocycles. The number of ether oxygens (including phenoxy) is 1. The number of halogens is 1. The van der Waals surface area contributed by atoms with Crippen molar-refractivity contribution in [2.45, 2.75) is 13.5 Å². The van der Waals surface area contributed by atoms with Crippen LogP contribution in [0.25, 0.3) is 10.2 Å². The third-order valence-corrected chi connectivity index (χ3v) is 4.22. The summed E-state index contributed by atoms with van der Waals surface area (Å²) in [4.78, 5) is 9.89. The maximum Gasteiger partial charge on any atom is 0.138 e. The van der Waals surface area contributed by atoms with E-state index >= 15 is 0 Å². The fourth-order valence-corrected chi connectivity index (χ4v) is 3.19. The van der Waals surface area contributed by atoms with Crippen LogP contribution in [-0.2, 0) is 6.54 Å². The highest BCUT2D eigenvalue weighted by Crippen LogP contribution is 2.27. The molecule has 0 saturated heterocycles. The van der Waals surface area contributed by atoms with Gasteiger partial charge < -0.3 is 10.1 Å². The number of anilines is 1. The van der Waals surface area contributed by atoms with E-state index in [1.807, 2.05) is 36.6 Å². The van der Waals surface area contributed by atoms with E-state index in [4.69, 9.17) is 16.3 Å². The standard InChI is InChI=1S/C15H14ClN3OS/c1-9-18-14(11-5-6-21-15(11)19-9)17-8-10-3-4-13(20-2)12(16)7-10/h3-7H,8H2,1-2H3,(H,17,18,19). The van der Waals surface area contributed by atoms with E-state index in [0.29, 0.717) is 17.3 Å². The first-order valence-electron chi connectivity index (χ1n) is 6.45. The van der Waals surface area contributed by atoms with Crippen LogP contribution in [0.4, 0.5) is 5.82 Å². The zero-order valence-corrected chi connectivity index (χ0v) is 13.3. The second kappa shape index (κ2) is 5.87. The molecular weight excluding hydrogens is 306 g/mol. The molecule has 0 radical (unpaired) electrons. The van der Waals surface area contributed by atoms with E-state index in [0.717, 1.165) is 27.4 Å². The second-order valence-corrected chi connectivity index (χ2v) is 5.88. The van der Waals surface area contributed by atoms with Crippen molar-refractivity contribution in [3.63, 3.8) is 0 Å².